The van der Waals surface area contributed by atoms with Crippen LogP contribution in [0.2, 0.25) is 0 Å². The maximum atomic E-state index is 5.81. The molecule has 21 heavy (non-hydrogen) atoms. The third-order valence-corrected chi connectivity index (χ3v) is 3.27. The van der Waals surface area contributed by atoms with Crippen LogP contribution in [0.3, 0.4) is 0 Å². The van der Waals surface area contributed by atoms with Gasteiger partial charge in [-0.2, -0.15) is 5.10 Å². The molecule has 0 bridgehead atoms. The zero-order valence-corrected chi connectivity index (χ0v) is 13.0. The van der Waals surface area contributed by atoms with E-state index in [0.29, 0.717) is 12.5 Å². The Bertz CT molecular complexity index is 524. The molecule has 0 aliphatic heterocycles. The van der Waals surface area contributed by atoms with Crippen molar-refractivity contribution in [3.63, 3.8) is 0 Å². The van der Waals surface area contributed by atoms with Gasteiger partial charge in [-0.15, -0.1) is 0 Å². The average Bonchev–Trinajstić information content (AvgIpc) is 2.90. The van der Waals surface area contributed by atoms with Gasteiger partial charge in [-0.05, 0) is 25.1 Å². The minimum Gasteiger partial charge on any atom is -0.492 e. The second-order valence-electron chi connectivity index (χ2n) is 5.57. The number of aromatic nitrogens is 3. The molecule has 1 N–H and O–H groups in total. The highest BCUT2D eigenvalue weighted by molar-refractivity contribution is 5.20. The number of hydrogen-bond acceptors (Lipinski definition) is 4. The molecule has 0 spiro atoms. The third-order valence-electron chi connectivity index (χ3n) is 3.27. The van der Waals surface area contributed by atoms with Crippen LogP contribution in [0.15, 0.2) is 36.7 Å². The molecule has 1 aromatic heterocycles. The molecular weight excluding hydrogens is 264 g/mol. The lowest BCUT2D eigenvalue weighted by molar-refractivity contribution is 0.266. The molecular formula is C16H24N4O. The summed E-state index contributed by atoms with van der Waals surface area (Å²) in [5, 5.41) is 7.58. The lowest BCUT2D eigenvalue weighted by atomic mass is 10.2. The molecule has 5 heteroatoms. The summed E-state index contributed by atoms with van der Waals surface area (Å²) in [6, 6.07) is 10.1. The summed E-state index contributed by atoms with van der Waals surface area (Å²) < 4.78 is 7.79. The number of rotatable bonds is 8. The van der Waals surface area contributed by atoms with Crippen molar-refractivity contribution in [3.05, 3.63) is 42.5 Å². The zero-order chi connectivity index (χ0) is 15.1. The van der Waals surface area contributed by atoms with Gasteiger partial charge in [0.15, 0.2) is 0 Å². The Labute approximate surface area is 126 Å². The first-order chi connectivity index (χ1) is 10.2. The molecule has 2 aromatic rings. The summed E-state index contributed by atoms with van der Waals surface area (Å²) >= 11 is 0. The molecule has 0 aliphatic rings. The van der Waals surface area contributed by atoms with E-state index >= 15 is 0 Å². The summed E-state index contributed by atoms with van der Waals surface area (Å²) in [7, 11) is 1.95. The van der Waals surface area contributed by atoms with E-state index in [1.54, 1.807) is 6.33 Å². The highest BCUT2D eigenvalue weighted by atomic mass is 16.5. The molecule has 114 valence electrons. The van der Waals surface area contributed by atoms with Crippen molar-refractivity contribution in [3.8, 4) is 5.75 Å². The molecule has 0 saturated carbocycles. The summed E-state index contributed by atoms with van der Waals surface area (Å²) in [6.45, 7) is 5.86. The van der Waals surface area contributed by atoms with Gasteiger partial charge in [-0.25, -0.2) is 9.67 Å². The monoisotopic (exact) mass is 288 g/mol. The number of likely N-dealkylation sites (N-methyl/N-ethyl adjacent to an activating group) is 1. The smallest absolute Gasteiger partial charge is 0.138 e. The zero-order valence-electron chi connectivity index (χ0n) is 13.0. The number of para-hydroxylation sites is 1. The van der Waals surface area contributed by atoms with Crippen LogP contribution in [0.4, 0.5) is 0 Å². The van der Waals surface area contributed by atoms with Crippen LogP contribution in [-0.2, 0) is 13.0 Å². The Kier molecular flexibility index (Phi) is 5.75. The van der Waals surface area contributed by atoms with Gasteiger partial charge < -0.3 is 10.1 Å². The van der Waals surface area contributed by atoms with E-state index in [4.69, 9.17) is 4.74 Å². The summed E-state index contributed by atoms with van der Waals surface area (Å²) in [5.74, 6) is 2.44. The summed E-state index contributed by atoms with van der Waals surface area (Å²) in [4.78, 5) is 4.37. The standard InChI is InChI=1S/C16H24N4O/c1-13(2)10-20-16(18-12-19-20)9-14(17-3)11-21-15-7-5-4-6-8-15/h4-8,12-14,17H,9-11H2,1-3H3. The van der Waals surface area contributed by atoms with Crippen LogP contribution in [0, 0.1) is 5.92 Å². The Morgan fingerprint density at radius 1 is 1.24 bits per heavy atom. The van der Waals surface area contributed by atoms with Gasteiger partial charge in [0.1, 0.15) is 24.5 Å². The van der Waals surface area contributed by atoms with Crippen molar-refractivity contribution in [2.75, 3.05) is 13.7 Å². The van der Waals surface area contributed by atoms with Gasteiger partial charge in [-0.3, -0.25) is 0 Å². The molecule has 5 nitrogen and oxygen atoms in total. The number of benzene rings is 1. The minimum absolute atomic E-state index is 0.209. The number of ether oxygens (including phenoxy) is 1. The first-order valence-corrected chi connectivity index (χ1v) is 7.40. The van der Waals surface area contributed by atoms with Gasteiger partial charge in [-0.1, -0.05) is 32.0 Å². The molecule has 0 amide bonds. The summed E-state index contributed by atoms with van der Waals surface area (Å²) in [6.07, 6.45) is 2.43. The van der Waals surface area contributed by atoms with Gasteiger partial charge in [0.05, 0.1) is 0 Å². The Hall–Kier alpha value is -1.88. The quantitative estimate of drug-likeness (QED) is 0.808. The third kappa shape index (κ3) is 4.86. The fourth-order valence-corrected chi connectivity index (χ4v) is 2.12. The van der Waals surface area contributed by atoms with Crippen molar-refractivity contribution in [1.82, 2.24) is 20.1 Å². The van der Waals surface area contributed by atoms with Crippen LogP contribution in [0.25, 0.3) is 0 Å². The normalized spacial score (nSPS) is 12.6. The van der Waals surface area contributed by atoms with Gasteiger partial charge in [0.25, 0.3) is 0 Å². The van der Waals surface area contributed by atoms with Gasteiger partial charge in [0.2, 0.25) is 0 Å². The average molecular weight is 288 g/mol. The molecule has 1 heterocycles. The van der Waals surface area contributed by atoms with Crippen molar-refractivity contribution < 1.29 is 4.74 Å². The van der Waals surface area contributed by atoms with Crippen molar-refractivity contribution in [1.29, 1.82) is 0 Å². The first-order valence-electron chi connectivity index (χ1n) is 7.40. The largest absolute Gasteiger partial charge is 0.492 e. The maximum absolute atomic E-state index is 5.81. The Morgan fingerprint density at radius 2 is 2.00 bits per heavy atom. The van der Waals surface area contributed by atoms with Crippen molar-refractivity contribution in [2.24, 2.45) is 5.92 Å². The maximum Gasteiger partial charge on any atom is 0.138 e. The van der Waals surface area contributed by atoms with E-state index in [9.17, 15) is 0 Å². The second-order valence-corrected chi connectivity index (χ2v) is 5.57. The molecule has 2 rings (SSSR count). The number of hydrogen-bond donors (Lipinski definition) is 1. The SMILES string of the molecule is CNC(COc1ccccc1)Cc1ncnn1CC(C)C. The van der Waals surface area contributed by atoms with Gasteiger partial charge in [0, 0.05) is 19.0 Å². The van der Waals surface area contributed by atoms with E-state index in [0.717, 1.165) is 24.5 Å². The van der Waals surface area contributed by atoms with Crippen molar-refractivity contribution >= 4 is 0 Å². The van der Waals surface area contributed by atoms with Crippen LogP contribution in [0.5, 0.6) is 5.75 Å². The molecule has 1 unspecified atom stereocenters. The first kappa shape index (κ1) is 15.5. The Balaban J connectivity index is 1.91. The molecule has 0 saturated heterocycles. The predicted molar refractivity (Wildman–Crippen MR) is 83.3 cm³/mol. The fraction of sp³-hybridized carbons (Fsp3) is 0.500. The highest BCUT2D eigenvalue weighted by Crippen LogP contribution is 2.10. The van der Waals surface area contributed by atoms with E-state index in [1.807, 2.05) is 42.1 Å². The van der Waals surface area contributed by atoms with Gasteiger partial charge >= 0.3 is 0 Å². The Morgan fingerprint density at radius 3 is 2.67 bits per heavy atom. The minimum atomic E-state index is 0.209. The van der Waals surface area contributed by atoms with E-state index < -0.39 is 0 Å². The van der Waals surface area contributed by atoms with E-state index in [1.165, 1.54) is 0 Å². The summed E-state index contributed by atoms with van der Waals surface area (Å²) in [5.41, 5.74) is 0. The second kappa shape index (κ2) is 7.78. The number of nitrogens with one attached hydrogen (secondary N) is 1. The highest BCUT2D eigenvalue weighted by Gasteiger charge is 2.13. The molecule has 0 aliphatic carbocycles. The topological polar surface area (TPSA) is 52.0 Å². The van der Waals surface area contributed by atoms with Crippen LogP contribution in [0.1, 0.15) is 19.7 Å². The molecule has 1 aromatic carbocycles. The van der Waals surface area contributed by atoms with Crippen LogP contribution < -0.4 is 10.1 Å². The predicted octanol–water partition coefficient (Wildman–Crippen LogP) is 2.14. The van der Waals surface area contributed by atoms with Crippen LogP contribution >= 0.6 is 0 Å². The molecule has 0 fully saturated rings. The fourth-order valence-electron chi connectivity index (χ4n) is 2.12. The van der Waals surface area contributed by atoms with E-state index in [2.05, 4.69) is 29.2 Å². The lowest BCUT2D eigenvalue weighted by Gasteiger charge is -2.17. The lowest BCUT2D eigenvalue weighted by Crippen LogP contribution is -2.35. The molecule has 0 radical (unpaired) electrons. The van der Waals surface area contributed by atoms with E-state index in [-0.39, 0.29) is 6.04 Å². The van der Waals surface area contributed by atoms with Crippen molar-refractivity contribution in [2.45, 2.75) is 32.9 Å². The van der Waals surface area contributed by atoms with Crippen LogP contribution in [-0.4, -0.2) is 34.5 Å². The molecule has 1 atom stereocenters. The number of nitrogens with zero attached hydrogens (tertiary/aromatic N) is 3.